The molecule has 124 valence electrons. The molecule has 2 aliphatic rings. The number of nitro benzene ring substituents is 1. The third-order valence-electron chi connectivity index (χ3n) is 4.05. The summed E-state index contributed by atoms with van der Waals surface area (Å²) in [6, 6.07) is 4.24. The van der Waals surface area contributed by atoms with Gasteiger partial charge in [-0.3, -0.25) is 10.1 Å². The highest BCUT2D eigenvalue weighted by molar-refractivity contribution is 6.21. The average Bonchev–Trinajstić information content (AvgIpc) is 2.59. The summed E-state index contributed by atoms with van der Waals surface area (Å²) in [7, 11) is 1.48. The number of carbonyl (C=O) groups is 1. The van der Waals surface area contributed by atoms with Crippen molar-refractivity contribution in [2.24, 2.45) is 0 Å². The lowest BCUT2D eigenvalue weighted by molar-refractivity contribution is -0.384. The Morgan fingerprint density at radius 1 is 1.42 bits per heavy atom. The molecule has 1 aromatic carbocycles. The summed E-state index contributed by atoms with van der Waals surface area (Å²) in [6.45, 7) is 1.05. The maximum atomic E-state index is 12.5. The molecule has 0 atom stereocenters. The lowest BCUT2D eigenvalue weighted by Gasteiger charge is -2.38. The van der Waals surface area contributed by atoms with Gasteiger partial charge in [0.05, 0.1) is 23.7 Å². The highest BCUT2D eigenvalue weighted by Gasteiger charge is 2.40. The van der Waals surface area contributed by atoms with E-state index < -0.39 is 16.4 Å². The smallest absolute Gasteiger partial charge is 0.376 e. The number of hydrogen-bond donors (Lipinski definition) is 1. The summed E-state index contributed by atoms with van der Waals surface area (Å²) in [5.41, 5.74) is -0.0425. The predicted molar refractivity (Wildman–Crippen MR) is 85.8 cm³/mol. The van der Waals surface area contributed by atoms with Crippen LogP contribution in [0.2, 0.25) is 0 Å². The van der Waals surface area contributed by atoms with Crippen molar-refractivity contribution in [1.82, 2.24) is 5.32 Å². The van der Waals surface area contributed by atoms with Crippen molar-refractivity contribution in [2.75, 3.05) is 20.3 Å². The molecule has 1 saturated heterocycles. The maximum Gasteiger partial charge on any atom is 0.376 e. The number of ether oxygens (including phenoxy) is 2. The van der Waals surface area contributed by atoms with E-state index in [0.29, 0.717) is 42.9 Å². The molecule has 1 amide bonds. The van der Waals surface area contributed by atoms with Gasteiger partial charge in [0.1, 0.15) is 11.4 Å². The number of nitrogens with zero attached hydrogens (tertiary/aromatic N) is 2. The lowest BCUT2D eigenvalue weighted by Crippen LogP contribution is -2.43. The zero-order valence-electron chi connectivity index (χ0n) is 13.1. The van der Waals surface area contributed by atoms with Crippen LogP contribution < -0.4 is 10.1 Å². The topological polar surface area (TPSA) is 95.1 Å². The number of rotatable bonds is 2. The molecule has 0 aliphatic carbocycles. The van der Waals surface area contributed by atoms with Gasteiger partial charge in [-0.2, -0.15) is 5.32 Å². The fraction of sp³-hybridized carbons (Fsp3) is 0.375. The first kappa shape index (κ1) is 16.0. The molecule has 1 N–H and O–H groups in total. The van der Waals surface area contributed by atoms with Crippen LogP contribution in [0.25, 0.3) is 10.4 Å². The summed E-state index contributed by atoms with van der Waals surface area (Å²) >= 11 is 0. The van der Waals surface area contributed by atoms with Crippen LogP contribution in [0.4, 0.5) is 5.69 Å². The molecule has 2 aliphatic heterocycles. The van der Waals surface area contributed by atoms with E-state index in [1.165, 1.54) is 25.2 Å². The van der Waals surface area contributed by atoms with E-state index >= 15 is 0 Å². The number of benzene rings is 1. The molecule has 8 heteroatoms. The van der Waals surface area contributed by atoms with Gasteiger partial charge in [-0.25, -0.2) is 9.64 Å². The molecule has 0 saturated carbocycles. The van der Waals surface area contributed by atoms with E-state index in [4.69, 9.17) is 9.47 Å². The van der Waals surface area contributed by atoms with E-state index in [0.717, 1.165) is 0 Å². The summed E-state index contributed by atoms with van der Waals surface area (Å²) < 4.78 is 11.4. The van der Waals surface area contributed by atoms with Crippen molar-refractivity contribution in [3.8, 4) is 11.9 Å². The second-order valence-electron chi connectivity index (χ2n) is 5.56. The number of hydrogen-bond acceptors (Lipinski definition) is 5. The normalized spacial score (nSPS) is 17.6. The van der Waals surface area contributed by atoms with Gasteiger partial charge >= 0.3 is 12.1 Å². The van der Waals surface area contributed by atoms with Crippen molar-refractivity contribution >= 4 is 17.2 Å². The van der Waals surface area contributed by atoms with Gasteiger partial charge in [-0.15, -0.1) is 0 Å². The summed E-state index contributed by atoms with van der Waals surface area (Å²) in [4.78, 5) is 26.6. The van der Waals surface area contributed by atoms with Crippen LogP contribution in [-0.2, 0) is 9.53 Å². The number of carbonyl (C=O) groups excluding carboxylic acids is 1. The highest BCUT2D eigenvalue weighted by Crippen LogP contribution is 2.41. The lowest BCUT2D eigenvalue weighted by atomic mass is 9.86. The van der Waals surface area contributed by atoms with E-state index in [2.05, 4.69) is 16.4 Å². The Balaban J connectivity index is 2.08. The number of nitro groups is 1. The molecule has 24 heavy (non-hydrogen) atoms. The van der Waals surface area contributed by atoms with Crippen LogP contribution in [0.15, 0.2) is 24.3 Å². The maximum absolute atomic E-state index is 12.5. The molecule has 0 unspecified atom stereocenters. The zero-order chi connectivity index (χ0) is 17.2. The molecule has 0 bridgehead atoms. The van der Waals surface area contributed by atoms with E-state index in [-0.39, 0.29) is 5.69 Å². The average molecular weight is 330 g/mol. The van der Waals surface area contributed by atoms with Gasteiger partial charge in [0.15, 0.2) is 7.05 Å². The summed E-state index contributed by atoms with van der Waals surface area (Å²) in [5.74, 6) is 0.0140. The van der Waals surface area contributed by atoms with Crippen LogP contribution in [0, 0.1) is 16.3 Å². The Kier molecular flexibility index (Phi) is 4.18. The van der Waals surface area contributed by atoms with Crippen molar-refractivity contribution < 1.29 is 19.2 Å². The van der Waals surface area contributed by atoms with Crippen molar-refractivity contribution in [3.63, 3.8) is 0 Å². The molecule has 8 nitrogen and oxygen atoms in total. The van der Waals surface area contributed by atoms with Crippen LogP contribution >= 0.6 is 0 Å². The van der Waals surface area contributed by atoms with Crippen molar-refractivity contribution in [1.29, 1.82) is 0 Å². The first-order valence-electron chi connectivity index (χ1n) is 7.47. The monoisotopic (exact) mass is 330 g/mol. The van der Waals surface area contributed by atoms with Gasteiger partial charge in [0.2, 0.25) is 0 Å². The molecular formula is C16H16N3O5+. The first-order valence-corrected chi connectivity index (χ1v) is 7.47. The predicted octanol–water partition coefficient (Wildman–Crippen LogP) is 1.96. The molecule has 1 fully saturated rings. The fourth-order valence-corrected chi connectivity index (χ4v) is 2.85. The van der Waals surface area contributed by atoms with Crippen molar-refractivity contribution in [3.05, 3.63) is 44.8 Å². The van der Waals surface area contributed by atoms with E-state index in [1.54, 1.807) is 6.08 Å². The number of fused-ring (bicyclic) bond motifs is 1. The Bertz CT molecular complexity index is 785. The Morgan fingerprint density at radius 2 is 2.17 bits per heavy atom. The third-order valence-corrected chi connectivity index (χ3v) is 4.05. The standard InChI is InChI=1S/C16H15N3O5/c1-17-10-18-15(20)13-9-16(4-6-23-7-5-16)24-14-3-2-11(19(21)22)8-12(13)14/h2-3,8-9H,4-7H2,1H3/p+1. The molecule has 1 spiro atoms. The highest BCUT2D eigenvalue weighted by atomic mass is 16.6. The van der Waals surface area contributed by atoms with Crippen LogP contribution in [0.3, 0.4) is 0 Å². The van der Waals surface area contributed by atoms with Crippen LogP contribution in [0.1, 0.15) is 18.4 Å². The fourth-order valence-electron chi connectivity index (χ4n) is 2.85. The quantitative estimate of drug-likeness (QED) is 0.387. The number of amides is 1. The minimum Gasteiger partial charge on any atom is -0.482 e. The Morgan fingerprint density at radius 3 is 2.83 bits per heavy atom. The van der Waals surface area contributed by atoms with Crippen molar-refractivity contribution in [2.45, 2.75) is 18.4 Å². The zero-order valence-corrected chi connectivity index (χ0v) is 13.1. The molecule has 2 heterocycles. The van der Waals surface area contributed by atoms with E-state index in [9.17, 15) is 14.9 Å². The molecule has 1 aromatic rings. The SMILES string of the molecule is C[N+]#CNC(=O)C1=CC2(CCOCC2)Oc2ccc([N+](=O)[O-])cc21. The van der Waals surface area contributed by atoms with E-state index in [1.807, 2.05) is 0 Å². The first-order chi connectivity index (χ1) is 11.5. The van der Waals surface area contributed by atoms with Crippen LogP contribution in [-0.4, -0.2) is 36.7 Å². The van der Waals surface area contributed by atoms with Gasteiger partial charge in [0.25, 0.3) is 5.69 Å². The summed E-state index contributed by atoms with van der Waals surface area (Å²) in [5, 5.41) is 13.5. The second kappa shape index (κ2) is 6.29. The van der Waals surface area contributed by atoms with Gasteiger partial charge < -0.3 is 9.47 Å². The minimum absolute atomic E-state index is 0.105. The minimum atomic E-state index is -0.641. The number of non-ortho nitro benzene ring substituents is 1. The Hall–Kier alpha value is -2.92. The van der Waals surface area contributed by atoms with Crippen LogP contribution in [0.5, 0.6) is 5.75 Å². The molecular weight excluding hydrogens is 314 g/mol. The molecule has 3 rings (SSSR count). The largest absolute Gasteiger partial charge is 0.482 e. The molecule has 0 radical (unpaired) electrons. The second-order valence-corrected chi connectivity index (χ2v) is 5.56. The van der Waals surface area contributed by atoms with Gasteiger partial charge in [-0.05, 0) is 12.1 Å². The third kappa shape index (κ3) is 2.94. The number of nitrogens with one attached hydrogen (secondary N) is 1. The molecule has 0 aromatic heterocycles. The van der Waals surface area contributed by atoms with Gasteiger partial charge in [-0.1, -0.05) is 0 Å². The summed E-state index contributed by atoms with van der Waals surface area (Å²) in [6.07, 6.45) is 5.33. The van der Waals surface area contributed by atoms with Gasteiger partial charge in [0, 0.05) is 30.5 Å². The Labute approximate surface area is 138 Å².